The molecule has 3 heterocycles. The number of benzene rings is 2. The van der Waals surface area contributed by atoms with Gasteiger partial charge < -0.3 is 14.5 Å². The number of anilines is 1. The van der Waals surface area contributed by atoms with Crippen molar-refractivity contribution in [2.24, 2.45) is 0 Å². The van der Waals surface area contributed by atoms with Crippen LogP contribution in [0.2, 0.25) is 5.02 Å². The van der Waals surface area contributed by atoms with Gasteiger partial charge in [0.25, 0.3) is 0 Å². The summed E-state index contributed by atoms with van der Waals surface area (Å²) in [6, 6.07) is 20.2. The summed E-state index contributed by atoms with van der Waals surface area (Å²) in [5.74, 6) is 0.769. The Kier molecular flexibility index (Phi) is 6.36. The van der Waals surface area contributed by atoms with Crippen molar-refractivity contribution in [2.75, 3.05) is 11.9 Å². The molecular formula is C25H25ClN2O2. The molecule has 1 aliphatic heterocycles. The Hall–Kier alpha value is -2.82. The van der Waals surface area contributed by atoms with E-state index in [0.717, 1.165) is 53.0 Å². The van der Waals surface area contributed by atoms with Crippen LogP contribution in [-0.4, -0.2) is 17.8 Å². The second-order valence-electron chi connectivity index (χ2n) is 6.85. The average Bonchev–Trinajstić information content (AvgIpc) is 3.46. The average molecular weight is 421 g/mol. The first-order valence-electron chi connectivity index (χ1n) is 10.4. The number of nitrogens with one attached hydrogen (secondary N) is 1. The molecule has 0 radical (unpaired) electrons. The van der Waals surface area contributed by atoms with Crippen molar-refractivity contribution in [3.8, 4) is 22.5 Å². The first kappa shape index (κ1) is 20.5. The van der Waals surface area contributed by atoms with Gasteiger partial charge in [-0.25, -0.2) is 4.98 Å². The summed E-state index contributed by atoms with van der Waals surface area (Å²) in [6.07, 6.45) is 3.70. The van der Waals surface area contributed by atoms with Gasteiger partial charge in [-0.15, -0.1) is 0 Å². The van der Waals surface area contributed by atoms with Gasteiger partial charge in [0, 0.05) is 17.7 Å². The molecule has 1 fully saturated rings. The normalized spacial score (nSPS) is 15.6. The monoisotopic (exact) mass is 420 g/mol. The first-order valence-corrected chi connectivity index (χ1v) is 10.8. The molecule has 0 bridgehead atoms. The quantitative estimate of drug-likeness (QED) is 0.374. The predicted molar refractivity (Wildman–Crippen MR) is 124 cm³/mol. The van der Waals surface area contributed by atoms with E-state index in [4.69, 9.17) is 20.8 Å². The molecule has 1 saturated heterocycles. The Morgan fingerprint density at radius 2 is 1.63 bits per heavy atom. The summed E-state index contributed by atoms with van der Waals surface area (Å²) < 4.78 is 11.9. The Labute approximate surface area is 181 Å². The summed E-state index contributed by atoms with van der Waals surface area (Å²) in [7, 11) is 0. The lowest BCUT2D eigenvalue weighted by molar-refractivity contribution is 0.132. The van der Waals surface area contributed by atoms with Crippen LogP contribution in [0.5, 0.6) is 0 Å². The smallest absolute Gasteiger partial charge is 0.228 e. The second kappa shape index (κ2) is 9.33. The molecule has 154 valence electrons. The van der Waals surface area contributed by atoms with Crippen molar-refractivity contribution >= 4 is 28.4 Å². The van der Waals surface area contributed by atoms with Gasteiger partial charge in [0.1, 0.15) is 12.0 Å². The lowest BCUT2D eigenvalue weighted by Crippen LogP contribution is -2.17. The van der Waals surface area contributed by atoms with Crippen molar-refractivity contribution in [2.45, 2.75) is 32.9 Å². The molecule has 0 aliphatic carbocycles. The number of aromatic nitrogens is 1. The molecule has 1 unspecified atom stereocenters. The lowest BCUT2D eigenvalue weighted by atomic mass is 9.99. The topological polar surface area (TPSA) is 47.3 Å². The molecule has 1 aliphatic rings. The molecule has 4 aromatic rings. The standard InChI is InChI=1S/C23H19ClN2O2.C2H6/c24-21-17(26-18-12-7-13-27-18)14-25-23-20(21)19(15-8-3-1-4-9-15)22(28-23)16-10-5-2-6-11-16;1-2/h1-6,8-11,14,18,26H,7,12-13H2;1-2H3. The Morgan fingerprint density at radius 3 is 2.27 bits per heavy atom. The van der Waals surface area contributed by atoms with Gasteiger partial charge in [0.05, 0.1) is 22.3 Å². The fraction of sp³-hybridized carbons (Fsp3) is 0.240. The molecule has 2 aromatic heterocycles. The maximum atomic E-state index is 6.86. The highest BCUT2D eigenvalue weighted by Crippen LogP contribution is 2.45. The number of hydrogen-bond acceptors (Lipinski definition) is 4. The SMILES string of the molecule is CC.Clc1c(NC2CCCO2)cnc2oc(-c3ccccc3)c(-c3ccccc3)c12. The molecular weight excluding hydrogens is 396 g/mol. The van der Waals surface area contributed by atoms with Crippen LogP contribution < -0.4 is 5.32 Å². The minimum absolute atomic E-state index is 0.0302. The van der Waals surface area contributed by atoms with Crippen molar-refractivity contribution in [1.82, 2.24) is 4.98 Å². The van der Waals surface area contributed by atoms with E-state index in [1.54, 1.807) is 6.20 Å². The molecule has 1 atom stereocenters. The highest BCUT2D eigenvalue weighted by Gasteiger charge is 2.24. The number of pyridine rings is 1. The van der Waals surface area contributed by atoms with Crippen LogP contribution in [-0.2, 0) is 4.74 Å². The summed E-state index contributed by atoms with van der Waals surface area (Å²) in [5, 5.41) is 4.79. The van der Waals surface area contributed by atoms with Gasteiger partial charge in [0.15, 0.2) is 0 Å². The maximum absolute atomic E-state index is 6.86. The number of rotatable bonds is 4. The van der Waals surface area contributed by atoms with Crippen molar-refractivity contribution in [1.29, 1.82) is 0 Å². The second-order valence-corrected chi connectivity index (χ2v) is 7.23. The number of furan rings is 1. The van der Waals surface area contributed by atoms with Crippen LogP contribution in [0, 0.1) is 0 Å². The fourth-order valence-electron chi connectivity index (χ4n) is 3.67. The van der Waals surface area contributed by atoms with Crippen molar-refractivity contribution in [3.05, 3.63) is 71.9 Å². The molecule has 1 N–H and O–H groups in total. The summed E-state index contributed by atoms with van der Waals surface area (Å²) in [6.45, 7) is 4.77. The summed E-state index contributed by atoms with van der Waals surface area (Å²) in [5.41, 5.74) is 4.27. The van der Waals surface area contributed by atoms with E-state index < -0.39 is 0 Å². The van der Waals surface area contributed by atoms with Gasteiger partial charge >= 0.3 is 0 Å². The number of hydrogen-bond donors (Lipinski definition) is 1. The molecule has 0 amide bonds. The van der Waals surface area contributed by atoms with Gasteiger partial charge in [-0.1, -0.05) is 86.1 Å². The summed E-state index contributed by atoms with van der Waals surface area (Å²) >= 11 is 6.86. The van der Waals surface area contributed by atoms with E-state index in [1.165, 1.54) is 0 Å². The number of ether oxygens (including phenoxy) is 1. The van der Waals surface area contributed by atoms with E-state index in [2.05, 4.69) is 22.4 Å². The van der Waals surface area contributed by atoms with E-state index in [1.807, 2.05) is 62.4 Å². The van der Waals surface area contributed by atoms with Crippen LogP contribution in [0.4, 0.5) is 5.69 Å². The van der Waals surface area contributed by atoms with Crippen LogP contribution in [0.25, 0.3) is 33.6 Å². The minimum Gasteiger partial charge on any atom is -0.437 e. The van der Waals surface area contributed by atoms with Crippen LogP contribution in [0.1, 0.15) is 26.7 Å². The van der Waals surface area contributed by atoms with E-state index >= 15 is 0 Å². The molecule has 5 heteroatoms. The minimum atomic E-state index is -0.0302. The fourth-order valence-corrected chi connectivity index (χ4v) is 3.95. The van der Waals surface area contributed by atoms with Crippen LogP contribution in [0.15, 0.2) is 71.3 Å². The number of nitrogens with zero attached hydrogens (tertiary/aromatic N) is 1. The third-order valence-corrected chi connectivity index (χ3v) is 5.39. The Balaban J connectivity index is 0.00000106. The van der Waals surface area contributed by atoms with Crippen molar-refractivity contribution < 1.29 is 9.15 Å². The zero-order valence-electron chi connectivity index (χ0n) is 17.2. The Morgan fingerprint density at radius 1 is 0.967 bits per heavy atom. The number of fused-ring (bicyclic) bond motifs is 1. The maximum Gasteiger partial charge on any atom is 0.228 e. The van der Waals surface area contributed by atoms with Crippen LogP contribution >= 0.6 is 11.6 Å². The molecule has 0 spiro atoms. The Bertz CT molecular complexity index is 1100. The molecule has 30 heavy (non-hydrogen) atoms. The van der Waals surface area contributed by atoms with Gasteiger partial charge in [-0.05, 0) is 18.4 Å². The molecule has 2 aromatic carbocycles. The third-order valence-electron chi connectivity index (χ3n) is 5.00. The lowest BCUT2D eigenvalue weighted by Gasteiger charge is -2.14. The third kappa shape index (κ3) is 3.93. The van der Waals surface area contributed by atoms with Gasteiger partial charge in [-0.2, -0.15) is 0 Å². The summed E-state index contributed by atoms with van der Waals surface area (Å²) in [4.78, 5) is 4.55. The molecule has 5 rings (SSSR count). The highest BCUT2D eigenvalue weighted by atomic mass is 35.5. The van der Waals surface area contributed by atoms with E-state index in [9.17, 15) is 0 Å². The van der Waals surface area contributed by atoms with Crippen molar-refractivity contribution in [3.63, 3.8) is 0 Å². The van der Waals surface area contributed by atoms with E-state index in [0.29, 0.717) is 10.7 Å². The van der Waals surface area contributed by atoms with Crippen LogP contribution in [0.3, 0.4) is 0 Å². The highest BCUT2D eigenvalue weighted by molar-refractivity contribution is 6.39. The number of halogens is 1. The zero-order chi connectivity index (χ0) is 20.9. The first-order chi connectivity index (χ1) is 14.8. The predicted octanol–water partition coefficient (Wildman–Crippen LogP) is 7.39. The zero-order valence-corrected chi connectivity index (χ0v) is 17.9. The largest absolute Gasteiger partial charge is 0.437 e. The molecule has 0 saturated carbocycles. The molecule has 4 nitrogen and oxygen atoms in total. The van der Waals surface area contributed by atoms with E-state index in [-0.39, 0.29) is 6.23 Å². The van der Waals surface area contributed by atoms with Gasteiger partial charge in [0.2, 0.25) is 5.71 Å². The van der Waals surface area contributed by atoms with Gasteiger partial charge in [-0.3, -0.25) is 0 Å².